The number of aromatic nitrogens is 2. The zero-order valence-corrected chi connectivity index (χ0v) is 21.0. The second-order valence-corrected chi connectivity index (χ2v) is 9.72. The Morgan fingerprint density at radius 3 is 2.28 bits per heavy atom. The van der Waals surface area contributed by atoms with Crippen LogP contribution in [0.1, 0.15) is 52.4 Å². The van der Waals surface area contributed by atoms with Crippen LogP contribution in [0.15, 0.2) is 72.8 Å². The number of nitrogens with zero attached hydrogens (tertiary/aromatic N) is 3. The fourth-order valence-electron chi connectivity index (χ4n) is 4.78. The first-order valence-electron chi connectivity index (χ1n) is 12.7. The molecule has 1 amide bonds. The Balaban J connectivity index is 1.41. The number of rotatable bonds is 8. The molecule has 1 fully saturated rings. The largest absolute Gasteiger partial charge is 0.481 e. The molecule has 0 bridgehead atoms. The first-order valence-corrected chi connectivity index (χ1v) is 12.7. The third kappa shape index (κ3) is 5.92. The van der Waals surface area contributed by atoms with Gasteiger partial charge >= 0.3 is 12.1 Å². The van der Waals surface area contributed by atoms with Crippen molar-refractivity contribution in [1.82, 2.24) is 14.9 Å². The van der Waals surface area contributed by atoms with Gasteiger partial charge in [-0.1, -0.05) is 42.5 Å². The maximum Gasteiger partial charge on any atom is 0.416 e. The lowest BCUT2D eigenvalue weighted by molar-refractivity contribution is -0.138. The monoisotopic (exact) mass is 533 g/mol. The fourth-order valence-corrected chi connectivity index (χ4v) is 4.78. The normalized spacial score (nSPS) is 13.9. The maximum absolute atomic E-state index is 13.1. The van der Waals surface area contributed by atoms with Crippen molar-refractivity contribution in [2.24, 2.45) is 0 Å². The van der Waals surface area contributed by atoms with Crippen molar-refractivity contribution in [2.75, 3.05) is 13.1 Å². The van der Waals surface area contributed by atoms with Gasteiger partial charge in [0, 0.05) is 36.6 Å². The first kappa shape index (κ1) is 26.3. The second kappa shape index (κ2) is 10.8. The minimum Gasteiger partial charge on any atom is -0.481 e. The highest BCUT2D eigenvalue weighted by atomic mass is 19.4. The molecule has 6 nitrogen and oxygen atoms in total. The predicted molar refractivity (Wildman–Crippen MR) is 140 cm³/mol. The van der Waals surface area contributed by atoms with E-state index in [0.717, 1.165) is 12.1 Å². The van der Waals surface area contributed by atoms with Gasteiger partial charge in [0.1, 0.15) is 0 Å². The molecule has 1 aliphatic rings. The van der Waals surface area contributed by atoms with E-state index in [1.54, 1.807) is 23.1 Å². The topological polar surface area (TPSA) is 83.4 Å². The molecule has 1 saturated heterocycles. The Bertz CT molecular complexity index is 1500. The number of amides is 1. The number of fused-ring (bicyclic) bond motifs is 1. The summed E-state index contributed by atoms with van der Waals surface area (Å²) >= 11 is 0. The molecule has 39 heavy (non-hydrogen) atoms. The number of benzene rings is 3. The molecule has 200 valence electrons. The van der Waals surface area contributed by atoms with Crippen molar-refractivity contribution in [3.05, 3.63) is 95.2 Å². The Morgan fingerprint density at radius 2 is 1.62 bits per heavy atom. The molecule has 0 radical (unpaired) electrons. The van der Waals surface area contributed by atoms with Crippen molar-refractivity contribution in [3.63, 3.8) is 0 Å². The number of carboxylic acids is 1. The minimum absolute atomic E-state index is 0.00901. The van der Waals surface area contributed by atoms with E-state index in [4.69, 9.17) is 15.1 Å². The lowest BCUT2D eigenvalue weighted by atomic mass is 9.91. The van der Waals surface area contributed by atoms with Crippen LogP contribution in [-0.4, -0.2) is 44.9 Å². The molecule has 0 atom stereocenters. The van der Waals surface area contributed by atoms with Gasteiger partial charge in [-0.3, -0.25) is 9.59 Å². The summed E-state index contributed by atoms with van der Waals surface area (Å²) in [4.78, 5) is 35.3. The summed E-state index contributed by atoms with van der Waals surface area (Å²) < 4.78 is 39.2. The van der Waals surface area contributed by atoms with E-state index in [9.17, 15) is 22.8 Å². The summed E-state index contributed by atoms with van der Waals surface area (Å²) in [5, 5.41) is 8.95. The van der Waals surface area contributed by atoms with Crippen LogP contribution in [0.2, 0.25) is 0 Å². The number of aryl methyl sites for hydroxylation is 1. The number of carbonyl (C=O) groups excluding carboxylic acids is 1. The van der Waals surface area contributed by atoms with Crippen LogP contribution >= 0.6 is 0 Å². The average Bonchev–Trinajstić information content (AvgIpc) is 2.89. The molecule has 1 aromatic heterocycles. The van der Waals surface area contributed by atoms with E-state index in [2.05, 4.69) is 12.1 Å². The van der Waals surface area contributed by atoms with Gasteiger partial charge in [0.05, 0.1) is 28.0 Å². The molecule has 0 spiro atoms. The highest BCUT2D eigenvalue weighted by Gasteiger charge is 2.32. The summed E-state index contributed by atoms with van der Waals surface area (Å²) in [5.74, 6) is -0.689. The van der Waals surface area contributed by atoms with Gasteiger partial charge in [-0.2, -0.15) is 13.2 Å². The zero-order valence-electron chi connectivity index (χ0n) is 21.0. The Labute approximate surface area is 223 Å². The van der Waals surface area contributed by atoms with Crippen molar-refractivity contribution in [1.29, 1.82) is 0 Å². The fraction of sp³-hybridized carbons (Fsp3) is 0.267. The Hall–Kier alpha value is -4.27. The van der Waals surface area contributed by atoms with Crippen LogP contribution in [-0.2, 0) is 17.4 Å². The number of alkyl halides is 3. The molecule has 0 saturated carbocycles. The van der Waals surface area contributed by atoms with E-state index in [1.807, 2.05) is 18.2 Å². The van der Waals surface area contributed by atoms with E-state index in [1.165, 1.54) is 17.7 Å². The molecule has 3 aromatic carbocycles. The molecule has 0 aliphatic carbocycles. The van der Waals surface area contributed by atoms with Gasteiger partial charge in [0.25, 0.3) is 5.91 Å². The molecule has 9 heteroatoms. The number of halogens is 3. The van der Waals surface area contributed by atoms with Gasteiger partial charge < -0.3 is 10.0 Å². The Morgan fingerprint density at radius 1 is 0.897 bits per heavy atom. The molecular weight excluding hydrogens is 507 g/mol. The summed E-state index contributed by atoms with van der Waals surface area (Å²) in [5.41, 5.74) is 3.43. The van der Waals surface area contributed by atoms with Gasteiger partial charge in [-0.05, 0) is 55.2 Å². The van der Waals surface area contributed by atoms with Crippen molar-refractivity contribution >= 4 is 22.9 Å². The Kier molecular flexibility index (Phi) is 7.32. The number of carboxylic acid groups (broad SMARTS) is 1. The van der Waals surface area contributed by atoms with Crippen molar-refractivity contribution in [2.45, 2.75) is 37.8 Å². The second-order valence-electron chi connectivity index (χ2n) is 9.72. The number of unbranched alkanes of at least 4 members (excludes halogenated alkanes) is 1. The number of carbonyl (C=O) groups is 2. The van der Waals surface area contributed by atoms with Gasteiger partial charge in [-0.25, -0.2) is 9.97 Å². The van der Waals surface area contributed by atoms with Crippen LogP contribution in [0.3, 0.4) is 0 Å². The van der Waals surface area contributed by atoms with Gasteiger partial charge in [-0.15, -0.1) is 0 Å². The number of hydrogen-bond donors (Lipinski definition) is 1. The van der Waals surface area contributed by atoms with Gasteiger partial charge in [0.2, 0.25) is 0 Å². The summed E-state index contributed by atoms with van der Waals surface area (Å²) in [6, 6.07) is 19.9. The molecule has 4 aromatic rings. The van der Waals surface area contributed by atoms with Crippen LogP contribution < -0.4 is 0 Å². The minimum atomic E-state index is -4.45. The lowest BCUT2D eigenvalue weighted by Gasteiger charge is -2.39. The molecular formula is C30H26F3N3O3. The smallest absolute Gasteiger partial charge is 0.416 e. The predicted octanol–water partition coefficient (Wildman–Crippen LogP) is 6.35. The first-order chi connectivity index (χ1) is 18.7. The third-order valence-corrected chi connectivity index (χ3v) is 6.96. The zero-order chi connectivity index (χ0) is 27.6. The van der Waals surface area contributed by atoms with Crippen molar-refractivity contribution in [3.8, 4) is 11.3 Å². The third-order valence-electron chi connectivity index (χ3n) is 6.96. The van der Waals surface area contributed by atoms with Crippen LogP contribution in [0.5, 0.6) is 0 Å². The molecule has 0 unspecified atom stereocenters. The highest BCUT2D eigenvalue weighted by Crippen LogP contribution is 2.33. The van der Waals surface area contributed by atoms with Crippen LogP contribution in [0, 0.1) is 0 Å². The lowest BCUT2D eigenvalue weighted by Crippen LogP contribution is -2.48. The van der Waals surface area contributed by atoms with E-state index in [-0.39, 0.29) is 12.3 Å². The number of hydrogen-bond acceptors (Lipinski definition) is 4. The molecule has 1 N–H and O–H groups in total. The van der Waals surface area contributed by atoms with E-state index < -0.39 is 17.7 Å². The number of aliphatic carboxylic acids is 1. The average molecular weight is 534 g/mol. The summed E-state index contributed by atoms with van der Waals surface area (Å²) in [7, 11) is 0. The molecule has 1 aliphatic heterocycles. The van der Waals surface area contributed by atoms with E-state index in [0.29, 0.717) is 71.8 Å². The van der Waals surface area contributed by atoms with Gasteiger partial charge in [0.15, 0.2) is 0 Å². The summed E-state index contributed by atoms with van der Waals surface area (Å²) in [6.07, 6.45) is -3.09. The van der Waals surface area contributed by atoms with E-state index >= 15 is 0 Å². The quantitative estimate of drug-likeness (QED) is 0.267. The molecule has 2 heterocycles. The summed E-state index contributed by atoms with van der Waals surface area (Å²) in [6.45, 7) is 1.27. The van der Waals surface area contributed by atoms with Crippen LogP contribution in [0.4, 0.5) is 13.2 Å². The molecule has 5 rings (SSSR count). The van der Waals surface area contributed by atoms with Crippen LogP contribution in [0.25, 0.3) is 22.3 Å². The van der Waals surface area contributed by atoms with Crippen molar-refractivity contribution < 1.29 is 27.9 Å². The number of likely N-dealkylation sites (tertiary alicyclic amines) is 1. The highest BCUT2D eigenvalue weighted by molar-refractivity contribution is 5.98. The SMILES string of the molecule is O=C(O)CCCCc1nc2cc(C(=O)N3CC(c4ccccc4)C3)ccc2nc1-c1ccc(C(F)(F)F)cc1. The standard InChI is InChI=1S/C30H26F3N3O3/c31-30(32,33)23-13-10-20(11-14-23)28-25(8-4-5-9-27(37)38)34-26-16-21(12-15-24(26)35-28)29(39)36-17-22(18-36)19-6-2-1-3-7-19/h1-3,6-7,10-16,22H,4-5,8-9,17-18H2,(H,37,38). The maximum atomic E-state index is 13.1.